The monoisotopic (exact) mass is 363 g/mol. The molecule has 0 radical (unpaired) electrons. The summed E-state index contributed by atoms with van der Waals surface area (Å²) in [6.45, 7) is 6.23. The molecule has 0 aliphatic carbocycles. The summed E-state index contributed by atoms with van der Waals surface area (Å²) in [5.74, 6) is -0.127. The molecule has 0 bridgehead atoms. The number of likely N-dealkylation sites (N-methyl/N-ethyl adjacent to an activating group) is 1. The number of nitrogens with one attached hydrogen (secondary N) is 1. The van der Waals surface area contributed by atoms with Gasteiger partial charge in [0.1, 0.15) is 11.3 Å². The number of aryl methyl sites for hydroxylation is 1. The molecule has 0 unspecified atom stereocenters. The number of hydrogen-bond acceptors (Lipinski definition) is 4. The predicted octanol–water partition coefficient (Wildman–Crippen LogP) is 2.90. The lowest BCUT2D eigenvalue weighted by Crippen LogP contribution is -2.44. The Kier molecular flexibility index (Phi) is 4.81. The molecule has 1 N–H and O–H groups in total. The zero-order chi connectivity index (χ0) is 18.8. The number of nitrogens with zero attached hydrogens (tertiary/aromatic N) is 4. The Bertz CT molecular complexity index is 939. The first kappa shape index (κ1) is 17.5. The van der Waals surface area contributed by atoms with Gasteiger partial charge in [-0.15, -0.1) is 0 Å². The molecule has 0 saturated carbocycles. The smallest absolute Gasteiger partial charge is 0.274 e. The highest BCUT2D eigenvalue weighted by Crippen LogP contribution is 2.21. The zero-order valence-corrected chi connectivity index (χ0v) is 15.9. The normalized spacial score (nSPS) is 15.3. The van der Waals surface area contributed by atoms with Gasteiger partial charge in [0, 0.05) is 43.8 Å². The van der Waals surface area contributed by atoms with Gasteiger partial charge in [0.15, 0.2) is 0 Å². The van der Waals surface area contributed by atoms with Crippen molar-refractivity contribution in [1.29, 1.82) is 0 Å². The average molecular weight is 363 g/mol. The number of carbonyl (C=O) groups excluding carboxylic acids is 1. The molecule has 4 rings (SSSR count). The molecule has 1 fully saturated rings. The summed E-state index contributed by atoms with van der Waals surface area (Å²) in [6.07, 6.45) is 2.60. The van der Waals surface area contributed by atoms with Crippen LogP contribution in [0.4, 0.5) is 11.4 Å². The first-order valence-electron chi connectivity index (χ1n) is 9.46. The second-order valence-corrected chi connectivity index (χ2v) is 6.98. The van der Waals surface area contributed by atoms with Crippen LogP contribution in [0.1, 0.15) is 23.1 Å². The van der Waals surface area contributed by atoms with Crippen molar-refractivity contribution in [3.05, 3.63) is 60.0 Å². The van der Waals surface area contributed by atoms with Crippen molar-refractivity contribution in [2.45, 2.75) is 13.3 Å². The molecule has 2 aromatic heterocycles. The second-order valence-electron chi connectivity index (χ2n) is 6.98. The van der Waals surface area contributed by atoms with Crippen LogP contribution in [-0.2, 0) is 6.42 Å². The van der Waals surface area contributed by atoms with Gasteiger partial charge in [0.2, 0.25) is 0 Å². The number of benzene rings is 1. The van der Waals surface area contributed by atoms with E-state index >= 15 is 0 Å². The van der Waals surface area contributed by atoms with Crippen LogP contribution < -0.4 is 10.2 Å². The van der Waals surface area contributed by atoms with Crippen molar-refractivity contribution < 1.29 is 4.79 Å². The molecule has 0 spiro atoms. The van der Waals surface area contributed by atoms with Crippen LogP contribution in [0.3, 0.4) is 0 Å². The van der Waals surface area contributed by atoms with Gasteiger partial charge in [0.25, 0.3) is 5.91 Å². The molecule has 1 aliphatic rings. The molecule has 6 heteroatoms. The summed E-state index contributed by atoms with van der Waals surface area (Å²) in [5, 5.41) is 3.02. The van der Waals surface area contributed by atoms with Gasteiger partial charge in [-0.25, -0.2) is 4.98 Å². The van der Waals surface area contributed by atoms with Crippen molar-refractivity contribution in [3.63, 3.8) is 0 Å². The van der Waals surface area contributed by atoms with Gasteiger partial charge in [-0.3, -0.25) is 9.20 Å². The van der Waals surface area contributed by atoms with Gasteiger partial charge < -0.3 is 15.1 Å². The third kappa shape index (κ3) is 3.53. The lowest BCUT2D eigenvalue weighted by Gasteiger charge is -2.34. The Hall–Kier alpha value is -2.86. The number of fused-ring (bicyclic) bond motifs is 1. The number of anilines is 2. The van der Waals surface area contributed by atoms with Crippen LogP contribution in [0.5, 0.6) is 0 Å². The maximum atomic E-state index is 12.9. The van der Waals surface area contributed by atoms with Crippen molar-refractivity contribution >= 4 is 22.9 Å². The van der Waals surface area contributed by atoms with Gasteiger partial charge >= 0.3 is 0 Å². The molecule has 27 heavy (non-hydrogen) atoms. The molecule has 1 amide bonds. The number of hydrogen-bond donors (Lipinski definition) is 1. The predicted molar refractivity (Wildman–Crippen MR) is 109 cm³/mol. The van der Waals surface area contributed by atoms with Crippen LogP contribution in [0.2, 0.25) is 0 Å². The summed E-state index contributed by atoms with van der Waals surface area (Å²) in [6, 6.07) is 13.9. The van der Waals surface area contributed by atoms with E-state index in [1.807, 2.05) is 47.9 Å². The van der Waals surface area contributed by atoms with E-state index in [1.54, 1.807) is 0 Å². The molecule has 0 atom stereocenters. The SMILES string of the molecule is CCc1nc2ccccn2c1C(=O)Nc1ccc(N2CCN(C)CC2)cc1. The number of amides is 1. The maximum Gasteiger partial charge on any atom is 0.274 e. The van der Waals surface area contributed by atoms with Crippen molar-refractivity contribution in [3.8, 4) is 0 Å². The molecule has 1 aliphatic heterocycles. The van der Waals surface area contributed by atoms with E-state index in [1.165, 1.54) is 5.69 Å². The Morgan fingerprint density at radius 3 is 2.52 bits per heavy atom. The van der Waals surface area contributed by atoms with Gasteiger partial charge in [0.05, 0.1) is 5.69 Å². The number of imidazole rings is 1. The summed E-state index contributed by atoms with van der Waals surface area (Å²) in [5.41, 5.74) is 4.21. The average Bonchev–Trinajstić information content (AvgIpc) is 3.08. The standard InChI is InChI=1S/C21H25N5O/c1-3-18-20(26-11-5-4-6-19(26)23-18)21(27)22-16-7-9-17(10-8-16)25-14-12-24(2)13-15-25/h4-11H,3,12-15H2,1-2H3,(H,22,27). The molecule has 1 saturated heterocycles. The van der Waals surface area contributed by atoms with E-state index in [9.17, 15) is 4.79 Å². The van der Waals surface area contributed by atoms with Crippen molar-refractivity contribution in [2.24, 2.45) is 0 Å². The number of carbonyl (C=O) groups is 1. The molecule has 3 heterocycles. The summed E-state index contributed by atoms with van der Waals surface area (Å²) >= 11 is 0. The molecule has 1 aromatic carbocycles. The quantitative estimate of drug-likeness (QED) is 0.774. The Morgan fingerprint density at radius 1 is 1.07 bits per heavy atom. The van der Waals surface area contributed by atoms with Crippen LogP contribution >= 0.6 is 0 Å². The van der Waals surface area contributed by atoms with Crippen LogP contribution in [0, 0.1) is 0 Å². The van der Waals surface area contributed by atoms with Crippen molar-refractivity contribution in [2.75, 3.05) is 43.4 Å². The van der Waals surface area contributed by atoms with Gasteiger partial charge in [-0.05, 0) is 49.9 Å². The maximum absolute atomic E-state index is 12.9. The topological polar surface area (TPSA) is 52.9 Å². The van der Waals surface area contributed by atoms with Gasteiger partial charge in [-0.2, -0.15) is 0 Å². The first-order valence-corrected chi connectivity index (χ1v) is 9.46. The highest BCUT2D eigenvalue weighted by Gasteiger charge is 2.18. The molecule has 3 aromatic rings. The highest BCUT2D eigenvalue weighted by atomic mass is 16.2. The lowest BCUT2D eigenvalue weighted by molar-refractivity contribution is 0.102. The number of pyridine rings is 1. The van der Waals surface area contributed by atoms with E-state index in [4.69, 9.17) is 0 Å². The fraction of sp³-hybridized carbons (Fsp3) is 0.333. The third-order valence-corrected chi connectivity index (χ3v) is 5.15. The number of piperazine rings is 1. The van der Waals surface area contributed by atoms with Crippen LogP contribution in [0.15, 0.2) is 48.7 Å². The molecule has 140 valence electrons. The van der Waals surface area contributed by atoms with E-state index < -0.39 is 0 Å². The molecular formula is C21H25N5O. The van der Waals surface area contributed by atoms with Gasteiger partial charge in [-0.1, -0.05) is 13.0 Å². The van der Waals surface area contributed by atoms with E-state index in [0.29, 0.717) is 12.1 Å². The molecular weight excluding hydrogens is 338 g/mol. The minimum atomic E-state index is -0.127. The van der Waals surface area contributed by atoms with Crippen molar-refractivity contribution in [1.82, 2.24) is 14.3 Å². The summed E-state index contributed by atoms with van der Waals surface area (Å²) in [4.78, 5) is 22.2. The Balaban J connectivity index is 1.52. The number of aromatic nitrogens is 2. The highest BCUT2D eigenvalue weighted by molar-refractivity contribution is 6.04. The summed E-state index contributed by atoms with van der Waals surface area (Å²) < 4.78 is 1.85. The Morgan fingerprint density at radius 2 is 1.81 bits per heavy atom. The third-order valence-electron chi connectivity index (χ3n) is 5.15. The fourth-order valence-corrected chi connectivity index (χ4v) is 3.54. The lowest BCUT2D eigenvalue weighted by atomic mass is 10.2. The van der Waals surface area contributed by atoms with Crippen LogP contribution in [0.25, 0.3) is 5.65 Å². The largest absolute Gasteiger partial charge is 0.369 e. The Labute approximate surface area is 159 Å². The minimum absolute atomic E-state index is 0.127. The number of rotatable bonds is 4. The summed E-state index contributed by atoms with van der Waals surface area (Å²) in [7, 11) is 2.15. The first-order chi connectivity index (χ1) is 13.2. The van der Waals surface area contributed by atoms with E-state index in [0.717, 1.165) is 43.2 Å². The minimum Gasteiger partial charge on any atom is -0.369 e. The molecule has 6 nitrogen and oxygen atoms in total. The zero-order valence-electron chi connectivity index (χ0n) is 15.9. The van der Waals surface area contributed by atoms with E-state index in [2.05, 4.69) is 39.3 Å². The van der Waals surface area contributed by atoms with Crippen LogP contribution in [-0.4, -0.2) is 53.4 Å². The van der Waals surface area contributed by atoms with E-state index in [-0.39, 0.29) is 5.91 Å². The second kappa shape index (κ2) is 7.40. The fourth-order valence-electron chi connectivity index (χ4n) is 3.54.